The molecule has 94 valence electrons. The van der Waals surface area contributed by atoms with E-state index in [0.717, 1.165) is 47.6 Å². The Labute approximate surface area is 119 Å². The first-order chi connectivity index (χ1) is 8.64. The van der Waals surface area contributed by atoms with Crippen molar-refractivity contribution in [1.82, 2.24) is 0 Å². The van der Waals surface area contributed by atoms with Crippen LogP contribution in [0.4, 0.5) is 5.69 Å². The second-order valence-corrected chi connectivity index (χ2v) is 6.43. The van der Waals surface area contributed by atoms with Crippen LogP contribution in [0.15, 0.2) is 12.1 Å². The fourth-order valence-electron chi connectivity index (χ4n) is 3.14. The molecule has 0 atom stereocenters. The Hall–Kier alpha value is -0.910. The van der Waals surface area contributed by atoms with Gasteiger partial charge in [0.05, 0.1) is 5.41 Å². The number of benzene rings is 1. The van der Waals surface area contributed by atoms with Crippen molar-refractivity contribution in [2.75, 3.05) is 5.32 Å². The molecule has 1 saturated carbocycles. The number of nitrogens with one attached hydrogen (secondary N) is 1. The average Bonchev–Trinajstić information content (AvgIpc) is 2.80. The highest BCUT2D eigenvalue weighted by molar-refractivity contribution is 14.1. The lowest BCUT2D eigenvalue weighted by Crippen LogP contribution is -2.39. The van der Waals surface area contributed by atoms with E-state index < -0.39 is 0 Å². The van der Waals surface area contributed by atoms with Crippen LogP contribution < -0.4 is 5.32 Å². The maximum absolute atomic E-state index is 12.3. The van der Waals surface area contributed by atoms with E-state index in [1.54, 1.807) is 6.07 Å². The van der Waals surface area contributed by atoms with Gasteiger partial charge in [-0.25, -0.2) is 0 Å². The van der Waals surface area contributed by atoms with Gasteiger partial charge in [0.15, 0.2) is 6.29 Å². The molecule has 1 aliphatic carbocycles. The van der Waals surface area contributed by atoms with Crippen LogP contribution in [0.3, 0.4) is 0 Å². The lowest BCUT2D eigenvalue weighted by molar-refractivity contribution is -0.125. The number of fused-ring (bicyclic) bond motifs is 1. The Kier molecular flexibility index (Phi) is 2.92. The van der Waals surface area contributed by atoms with Gasteiger partial charge in [-0.3, -0.25) is 9.59 Å². The molecule has 1 aromatic carbocycles. The van der Waals surface area contributed by atoms with Crippen LogP contribution in [0.25, 0.3) is 0 Å². The van der Waals surface area contributed by atoms with Crippen LogP contribution in [-0.2, 0) is 11.2 Å². The SMILES string of the molecule is O=Cc1cc2c(cc1I)CC1(CCCC1)C(=O)N2. The van der Waals surface area contributed by atoms with Crippen LogP contribution in [0.5, 0.6) is 0 Å². The first-order valence-corrected chi connectivity index (χ1v) is 7.32. The van der Waals surface area contributed by atoms with Crippen molar-refractivity contribution in [3.8, 4) is 0 Å². The van der Waals surface area contributed by atoms with E-state index >= 15 is 0 Å². The number of carbonyl (C=O) groups is 2. The van der Waals surface area contributed by atoms with E-state index in [0.29, 0.717) is 5.56 Å². The van der Waals surface area contributed by atoms with E-state index in [9.17, 15) is 9.59 Å². The minimum absolute atomic E-state index is 0.144. The van der Waals surface area contributed by atoms with Crippen molar-refractivity contribution >= 4 is 40.5 Å². The van der Waals surface area contributed by atoms with E-state index in [2.05, 4.69) is 27.9 Å². The molecule has 1 spiro atoms. The quantitative estimate of drug-likeness (QED) is 0.621. The largest absolute Gasteiger partial charge is 0.325 e. The number of carbonyl (C=O) groups excluding carboxylic acids is 2. The Morgan fingerprint density at radius 2 is 2.00 bits per heavy atom. The number of amides is 1. The van der Waals surface area contributed by atoms with E-state index in [1.807, 2.05) is 6.07 Å². The molecule has 3 nitrogen and oxygen atoms in total. The number of hydrogen-bond acceptors (Lipinski definition) is 2. The minimum atomic E-state index is -0.182. The van der Waals surface area contributed by atoms with E-state index in [-0.39, 0.29) is 11.3 Å². The summed E-state index contributed by atoms with van der Waals surface area (Å²) in [6, 6.07) is 3.84. The molecule has 1 fully saturated rings. The monoisotopic (exact) mass is 355 g/mol. The van der Waals surface area contributed by atoms with Gasteiger partial charge in [0.2, 0.25) is 5.91 Å². The van der Waals surface area contributed by atoms with Crippen molar-refractivity contribution in [2.45, 2.75) is 32.1 Å². The van der Waals surface area contributed by atoms with Gasteiger partial charge in [0.1, 0.15) is 0 Å². The van der Waals surface area contributed by atoms with Crippen LogP contribution in [0.2, 0.25) is 0 Å². The lowest BCUT2D eigenvalue weighted by atomic mass is 9.76. The van der Waals surface area contributed by atoms with Crippen molar-refractivity contribution < 1.29 is 9.59 Å². The van der Waals surface area contributed by atoms with E-state index in [4.69, 9.17) is 0 Å². The highest BCUT2D eigenvalue weighted by atomic mass is 127. The lowest BCUT2D eigenvalue weighted by Gasteiger charge is -2.33. The van der Waals surface area contributed by atoms with E-state index in [1.165, 1.54) is 5.56 Å². The number of rotatable bonds is 1. The number of hydrogen-bond donors (Lipinski definition) is 1. The third kappa shape index (κ3) is 1.77. The number of aldehydes is 1. The maximum Gasteiger partial charge on any atom is 0.230 e. The standard InChI is InChI=1S/C14H14INO2/c15-11-5-9-7-14(3-1-2-4-14)13(18)16-12(9)6-10(11)8-17/h5-6,8H,1-4,7H2,(H,16,18). The summed E-state index contributed by atoms with van der Waals surface area (Å²) < 4.78 is 0.964. The van der Waals surface area contributed by atoms with Gasteiger partial charge in [-0.2, -0.15) is 0 Å². The van der Waals surface area contributed by atoms with Crippen LogP contribution >= 0.6 is 22.6 Å². The van der Waals surface area contributed by atoms with Gasteiger partial charge in [-0.1, -0.05) is 12.8 Å². The third-order valence-electron chi connectivity index (χ3n) is 4.17. The third-order valence-corrected chi connectivity index (χ3v) is 5.10. The Morgan fingerprint density at radius 1 is 1.28 bits per heavy atom. The molecule has 3 rings (SSSR count). The molecular weight excluding hydrogens is 341 g/mol. The fourth-order valence-corrected chi connectivity index (χ4v) is 3.80. The Bertz CT molecular complexity index is 533. The molecule has 0 unspecified atom stereocenters. The van der Waals surface area contributed by atoms with Gasteiger partial charge >= 0.3 is 0 Å². The van der Waals surface area contributed by atoms with Crippen molar-refractivity contribution in [3.63, 3.8) is 0 Å². The zero-order valence-electron chi connectivity index (χ0n) is 9.96. The molecule has 1 amide bonds. The number of anilines is 1. The predicted octanol–water partition coefficient (Wildman–Crippen LogP) is 3.16. The molecule has 1 aliphatic heterocycles. The Balaban J connectivity index is 2.04. The molecule has 4 heteroatoms. The van der Waals surface area contributed by atoms with Gasteiger partial charge in [-0.15, -0.1) is 0 Å². The summed E-state index contributed by atoms with van der Waals surface area (Å²) in [5.41, 5.74) is 2.46. The molecule has 1 aromatic rings. The van der Waals surface area contributed by atoms with Crippen LogP contribution in [0.1, 0.15) is 41.6 Å². The molecule has 1 N–H and O–H groups in total. The molecule has 0 radical (unpaired) electrons. The zero-order valence-corrected chi connectivity index (χ0v) is 12.1. The van der Waals surface area contributed by atoms with Crippen molar-refractivity contribution in [3.05, 3.63) is 26.8 Å². The molecule has 0 saturated heterocycles. The molecule has 18 heavy (non-hydrogen) atoms. The molecular formula is C14H14INO2. The highest BCUT2D eigenvalue weighted by Crippen LogP contribution is 2.46. The van der Waals surface area contributed by atoms with Crippen molar-refractivity contribution in [1.29, 1.82) is 0 Å². The second-order valence-electron chi connectivity index (χ2n) is 5.27. The van der Waals surface area contributed by atoms with Crippen LogP contribution in [0, 0.1) is 8.99 Å². The summed E-state index contributed by atoms with van der Waals surface area (Å²) in [7, 11) is 0. The summed E-state index contributed by atoms with van der Waals surface area (Å²) in [6.07, 6.45) is 5.94. The van der Waals surface area contributed by atoms with Gasteiger partial charge in [-0.05, 0) is 59.5 Å². The summed E-state index contributed by atoms with van der Waals surface area (Å²) in [5.74, 6) is 0.144. The van der Waals surface area contributed by atoms with Crippen molar-refractivity contribution in [2.24, 2.45) is 5.41 Å². The van der Waals surface area contributed by atoms with Crippen LogP contribution in [-0.4, -0.2) is 12.2 Å². The smallest absolute Gasteiger partial charge is 0.230 e. The Morgan fingerprint density at radius 3 is 2.67 bits per heavy atom. The predicted molar refractivity (Wildman–Crippen MR) is 77.8 cm³/mol. The van der Waals surface area contributed by atoms with Gasteiger partial charge < -0.3 is 5.32 Å². The fraction of sp³-hybridized carbons (Fsp3) is 0.429. The first-order valence-electron chi connectivity index (χ1n) is 6.24. The zero-order chi connectivity index (χ0) is 12.8. The summed E-state index contributed by atoms with van der Waals surface area (Å²) in [5, 5.41) is 2.99. The van der Waals surface area contributed by atoms with Gasteiger partial charge in [0, 0.05) is 14.8 Å². The first kappa shape index (κ1) is 12.1. The number of halogens is 1. The molecule has 0 aromatic heterocycles. The topological polar surface area (TPSA) is 46.2 Å². The summed E-state index contributed by atoms with van der Waals surface area (Å²) >= 11 is 2.18. The maximum atomic E-state index is 12.3. The van der Waals surface area contributed by atoms with Gasteiger partial charge in [0.25, 0.3) is 0 Å². The summed E-state index contributed by atoms with van der Waals surface area (Å²) in [4.78, 5) is 23.2. The molecule has 0 bridgehead atoms. The minimum Gasteiger partial charge on any atom is -0.325 e. The summed E-state index contributed by atoms with van der Waals surface area (Å²) in [6.45, 7) is 0. The second kappa shape index (κ2) is 4.33. The molecule has 2 aliphatic rings. The molecule has 1 heterocycles. The normalized spacial score (nSPS) is 20.6. The average molecular weight is 355 g/mol. The highest BCUT2D eigenvalue weighted by Gasteiger charge is 2.44.